The molecule has 4 nitrogen and oxygen atoms in total. The van der Waals surface area contributed by atoms with Crippen molar-refractivity contribution in [3.8, 4) is 0 Å². The van der Waals surface area contributed by atoms with Crippen LogP contribution in [-0.4, -0.2) is 31.7 Å². The molecule has 0 aliphatic carbocycles. The molecule has 2 heterocycles. The highest BCUT2D eigenvalue weighted by Crippen LogP contribution is 2.20. The summed E-state index contributed by atoms with van der Waals surface area (Å²) in [5.41, 5.74) is 1.29. The second kappa shape index (κ2) is 5.82. The Labute approximate surface area is 112 Å². The number of ether oxygens (including phenoxy) is 1. The number of carbonyl (C=O) groups excluding carboxylic acids is 1. The van der Waals surface area contributed by atoms with Crippen molar-refractivity contribution in [1.29, 1.82) is 0 Å². The largest absolute Gasteiger partial charge is 0.380 e. The Hall–Kier alpha value is -0.910. The molecule has 5 heteroatoms. The first-order valence-electron chi connectivity index (χ1n) is 6.20. The second-order valence-corrected chi connectivity index (χ2v) is 6.06. The summed E-state index contributed by atoms with van der Waals surface area (Å²) in [6, 6.07) is 2.03. The van der Waals surface area contributed by atoms with Gasteiger partial charge in [0.25, 0.3) is 0 Å². The van der Waals surface area contributed by atoms with Gasteiger partial charge >= 0.3 is 0 Å². The molecule has 1 amide bonds. The maximum Gasteiger partial charge on any atom is 0.237 e. The highest BCUT2D eigenvalue weighted by molar-refractivity contribution is 7.12. The van der Waals surface area contributed by atoms with Crippen LogP contribution in [0.4, 0.5) is 0 Å². The fourth-order valence-corrected chi connectivity index (χ4v) is 3.11. The molecule has 1 aliphatic heterocycles. The Kier molecular flexibility index (Phi) is 4.37. The number of carbonyl (C=O) groups is 1. The average Bonchev–Trinajstić information content (AvgIpc) is 2.94. The van der Waals surface area contributed by atoms with Gasteiger partial charge in [0.05, 0.1) is 18.7 Å². The van der Waals surface area contributed by atoms with Crippen LogP contribution in [0.2, 0.25) is 0 Å². The highest BCUT2D eigenvalue weighted by atomic mass is 32.1. The molecule has 0 bridgehead atoms. The number of aryl methyl sites for hydroxylation is 2. The number of hydrogen-bond acceptors (Lipinski definition) is 4. The summed E-state index contributed by atoms with van der Waals surface area (Å²) >= 11 is 1.74. The molecule has 100 valence electrons. The summed E-state index contributed by atoms with van der Waals surface area (Å²) < 4.78 is 5.23. The van der Waals surface area contributed by atoms with E-state index in [0.29, 0.717) is 6.54 Å². The topological polar surface area (TPSA) is 50.4 Å². The third-order valence-corrected chi connectivity index (χ3v) is 4.55. The van der Waals surface area contributed by atoms with E-state index in [9.17, 15) is 4.79 Å². The van der Waals surface area contributed by atoms with Crippen LogP contribution in [0.1, 0.15) is 21.7 Å². The van der Waals surface area contributed by atoms with Gasteiger partial charge in [0.15, 0.2) is 0 Å². The second-order valence-electron chi connectivity index (χ2n) is 4.72. The van der Waals surface area contributed by atoms with E-state index in [1.807, 2.05) is 0 Å². The van der Waals surface area contributed by atoms with E-state index in [4.69, 9.17) is 4.74 Å². The zero-order valence-corrected chi connectivity index (χ0v) is 11.9. The van der Waals surface area contributed by atoms with Crippen LogP contribution < -0.4 is 10.6 Å². The zero-order valence-electron chi connectivity index (χ0n) is 11.1. The van der Waals surface area contributed by atoms with Gasteiger partial charge in [-0.2, -0.15) is 0 Å². The van der Waals surface area contributed by atoms with Gasteiger partial charge in [0.2, 0.25) is 5.91 Å². The van der Waals surface area contributed by atoms with Crippen molar-refractivity contribution >= 4 is 17.2 Å². The van der Waals surface area contributed by atoms with Crippen LogP contribution in [0.15, 0.2) is 6.07 Å². The lowest BCUT2D eigenvalue weighted by molar-refractivity contribution is -0.123. The van der Waals surface area contributed by atoms with Crippen LogP contribution in [0.25, 0.3) is 0 Å². The van der Waals surface area contributed by atoms with Crippen molar-refractivity contribution in [1.82, 2.24) is 10.6 Å². The normalized spacial score (nSPS) is 23.3. The van der Waals surface area contributed by atoms with E-state index < -0.39 is 0 Å². The Bertz CT molecular complexity index is 411. The Morgan fingerprint density at radius 1 is 1.61 bits per heavy atom. The molecule has 2 atom stereocenters. The monoisotopic (exact) mass is 268 g/mol. The lowest BCUT2D eigenvalue weighted by Gasteiger charge is -2.10. The summed E-state index contributed by atoms with van der Waals surface area (Å²) in [6.45, 7) is 5.58. The van der Waals surface area contributed by atoms with Crippen LogP contribution in [0.3, 0.4) is 0 Å². The first-order chi connectivity index (χ1) is 8.60. The van der Waals surface area contributed by atoms with Crippen LogP contribution >= 0.6 is 11.3 Å². The predicted molar refractivity (Wildman–Crippen MR) is 72.8 cm³/mol. The van der Waals surface area contributed by atoms with Gasteiger partial charge in [0, 0.05) is 23.4 Å². The maximum absolute atomic E-state index is 11.9. The lowest BCUT2D eigenvalue weighted by atomic mass is 10.2. The molecule has 0 radical (unpaired) electrons. The molecule has 2 rings (SSSR count). The molecule has 1 saturated heterocycles. The van der Waals surface area contributed by atoms with Crippen LogP contribution in [0.5, 0.6) is 0 Å². The van der Waals surface area contributed by atoms with Gasteiger partial charge in [-0.25, -0.2) is 0 Å². The van der Waals surface area contributed by atoms with Gasteiger partial charge in [-0.05, 0) is 31.9 Å². The van der Waals surface area contributed by atoms with Crippen molar-refractivity contribution in [3.63, 3.8) is 0 Å². The van der Waals surface area contributed by atoms with E-state index in [0.717, 1.165) is 13.0 Å². The molecule has 0 saturated carbocycles. The number of nitrogens with one attached hydrogen (secondary N) is 2. The van der Waals surface area contributed by atoms with Gasteiger partial charge in [-0.1, -0.05) is 0 Å². The minimum atomic E-state index is -0.114. The van der Waals surface area contributed by atoms with Gasteiger partial charge in [-0.15, -0.1) is 11.3 Å². The van der Waals surface area contributed by atoms with Crippen LogP contribution in [-0.2, 0) is 16.1 Å². The van der Waals surface area contributed by atoms with Crippen molar-refractivity contribution in [2.24, 2.45) is 0 Å². The molecule has 2 unspecified atom stereocenters. The molecule has 1 aromatic heterocycles. The zero-order chi connectivity index (χ0) is 13.1. The number of thiophene rings is 1. The van der Waals surface area contributed by atoms with Crippen LogP contribution in [0, 0.1) is 13.8 Å². The van der Waals surface area contributed by atoms with Crippen molar-refractivity contribution in [2.75, 3.05) is 13.7 Å². The minimum Gasteiger partial charge on any atom is -0.380 e. The van der Waals surface area contributed by atoms with E-state index in [1.54, 1.807) is 18.4 Å². The summed E-state index contributed by atoms with van der Waals surface area (Å²) in [5, 5.41) is 6.16. The summed E-state index contributed by atoms with van der Waals surface area (Å²) in [6.07, 6.45) is 0.914. The van der Waals surface area contributed by atoms with Gasteiger partial charge in [-0.3, -0.25) is 4.79 Å². The number of amides is 1. The van der Waals surface area contributed by atoms with E-state index >= 15 is 0 Å². The molecule has 0 aromatic carbocycles. The van der Waals surface area contributed by atoms with Gasteiger partial charge < -0.3 is 15.4 Å². The lowest BCUT2D eigenvalue weighted by Crippen LogP contribution is -2.39. The number of methoxy groups -OCH3 is 1. The smallest absolute Gasteiger partial charge is 0.237 e. The van der Waals surface area contributed by atoms with Gasteiger partial charge in [0.1, 0.15) is 0 Å². The standard InChI is InChI=1S/C13H20N2O2S/c1-8-4-11(18-9(8)2)7-15-13(16)12-5-10(17-3)6-14-12/h4,10,12,14H,5-7H2,1-3H3,(H,15,16). The third kappa shape index (κ3) is 3.10. The summed E-state index contributed by atoms with van der Waals surface area (Å²) in [4.78, 5) is 14.5. The molecular formula is C13H20N2O2S. The van der Waals surface area contributed by atoms with Crippen molar-refractivity contribution in [2.45, 2.75) is 39.0 Å². The fraction of sp³-hybridized carbons (Fsp3) is 0.615. The number of rotatable bonds is 4. The fourth-order valence-electron chi connectivity index (χ4n) is 2.12. The highest BCUT2D eigenvalue weighted by Gasteiger charge is 2.28. The third-order valence-electron chi connectivity index (χ3n) is 3.39. The summed E-state index contributed by atoms with van der Waals surface area (Å²) in [7, 11) is 1.68. The van der Waals surface area contributed by atoms with E-state index in [-0.39, 0.29) is 18.1 Å². The molecule has 1 aromatic rings. The van der Waals surface area contributed by atoms with Crippen molar-refractivity contribution < 1.29 is 9.53 Å². The summed E-state index contributed by atoms with van der Waals surface area (Å²) in [5.74, 6) is 0.0678. The molecule has 2 N–H and O–H groups in total. The maximum atomic E-state index is 11.9. The predicted octanol–water partition coefficient (Wildman–Crippen LogP) is 1.36. The SMILES string of the molecule is COC1CNC(C(=O)NCc2cc(C)c(C)s2)C1. The molecule has 18 heavy (non-hydrogen) atoms. The Morgan fingerprint density at radius 2 is 2.39 bits per heavy atom. The number of hydrogen-bond donors (Lipinski definition) is 2. The Balaban J connectivity index is 1.82. The Morgan fingerprint density at radius 3 is 2.94 bits per heavy atom. The van der Waals surface area contributed by atoms with E-state index in [2.05, 4.69) is 30.5 Å². The van der Waals surface area contributed by atoms with E-state index in [1.165, 1.54) is 15.3 Å². The molecular weight excluding hydrogens is 248 g/mol. The molecule has 1 aliphatic rings. The minimum absolute atomic E-state index is 0.0678. The first kappa shape index (κ1) is 13.5. The van der Waals surface area contributed by atoms with Crippen molar-refractivity contribution in [3.05, 3.63) is 21.4 Å². The quantitative estimate of drug-likeness (QED) is 0.867. The molecule has 1 fully saturated rings. The first-order valence-corrected chi connectivity index (χ1v) is 7.01. The molecule has 0 spiro atoms. The average molecular weight is 268 g/mol.